The zero-order valence-electron chi connectivity index (χ0n) is 14.3. The zero-order chi connectivity index (χ0) is 18.0. The van der Waals surface area contributed by atoms with Crippen molar-refractivity contribution in [3.05, 3.63) is 60.0 Å². The first-order chi connectivity index (χ1) is 12.6. The highest BCUT2D eigenvalue weighted by Crippen LogP contribution is 2.21. The highest BCUT2D eigenvalue weighted by atomic mass is 32.2. The molecule has 1 aliphatic heterocycles. The molecule has 1 aliphatic rings. The molecule has 3 aromatic rings. The molecule has 3 heterocycles. The molecule has 7 nitrogen and oxygen atoms in total. The molecule has 0 saturated carbocycles. The molecule has 0 amide bonds. The minimum Gasteiger partial charge on any atom is -0.356 e. The minimum absolute atomic E-state index is 0.131. The van der Waals surface area contributed by atoms with Gasteiger partial charge in [0.2, 0.25) is 10.0 Å². The number of sulfonamides is 1. The Balaban J connectivity index is 1.40. The third-order valence-electron chi connectivity index (χ3n) is 4.65. The summed E-state index contributed by atoms with van der Waals surface area (Å²) in [6.45, 7) is 3.21. The van der Waals surface area contributed by atoms with E-state index in [0.717, 1.165) is 11.9 Å². The van der Waals surface area contributed by atoms with Crippen LogP contribution in [-0.4, -0.2) is 53.9 Å². The first-order valence-corrected chi connectivity index (χ1v) is 10.2. The van der Waals surface area contributed by atoms with Crippen LogP contribution < -0.4 is 0 Å². The predicted molar refractivity (Wildman–Crippen MR) is 97.7 cm³/mol. The average Bonchev–Trinajstić information content (AvgIpc) is 3.06. The van der Waals surface area contributed by atoms with Crippen molar-refractivity contribution in [2.45, 2.75) is 12.3 Å². The number of benzene rings is 1. The van der Waals surface area contributed by atoms with Crippen LogP contribution in [0.15, 0.2) is 53.3 Å². The number of pyridine rings is 1. The second kappa shape index (κ2) is 7.14. The van der Waals surface area contributed by atoms with Crippen molar-refractivity contribution >= 4 is 21.0 Å². The molecule has 8 heteroatoms. The number of rotatable bonds is 5. The van der Waals surface area contributed by atoms with E-state index in [-0.39, 0.29) is 5.75 Å². The summed E-state index contributed by atoms with van der Waals surface area (Å²) in [6.07, 6.45) is 3.55. The van der Waals surface area contributed by atoms with Crippen molar-refractivity contribution in [2.24, 2.45) is 0 Å². The number of nitrogens with zero attached hydrogens (tertiary/aromatic N) is 4. The van der Waals surface area contributed by atoms with Crippen LogP contribution in [0.2, 0.25) is 0 Å². The quantitative estimate of drug-likeness (QED) is 0.680. The monoisotopic (exact) mass is 372 g/mol. The van der Waals surface area contributed by atoms with Gasteiger partial charge in [-0.25, -0.2) is 8.42 Å². The lowest BCUT2D eigenvalue weighted by molar-refractivity contribution is 0.181. The Labute approximate surface area is 152 Å². The smallest absolute Gasteiger partial charge is 0.220 e. The third-order valence-corrected chi connectivity index (χ3v) is 6.44. The zero-order valence-corrected chi connectivity index (χ0v) is 15.1. The van der Waals surface area contributed by atoms with E-state index in [4.69, 9.17) is 4.52 Å². The fourth-order valence-electron chi connectivity index (χ4n) is 3.22. The summed E-state index contributed by atoms with van der Waals surface area (Å²) in [5.41, 5.74) is 2.27. The Bertz CT molecular complexity index is 980. The molecule has 26 heavy (non-hydrogen) atoms. The average molecular weight is 372 g/mol. The Kier molecular flexibility index (Phi) is 4.71. The van der Waals surface area contributed by atoms with Crippen LogP contribution in [0.3, 0.4) is 0 Å². The van der Waals surface area contributed by atoms with Gasteiger partial charge in [0.25, 0.3) is 0 Å². The Morgan fingerprint density at radius 3 is 2.50 bits per heavy atom. The summed E-state index contributed by atoms with van der Waals surface area (Å²) < 4.78 is 32.3. The lowest BCUT2D eigenvalue weighted by Crippen LogP contribution is -2.48. The summed E-state index contributed by atoms with van der Waals surface area (Å²) in [6, 6.07) is 11.3. The summed E-state index contributed by atoms with van der Waals surface area (Å²) in [5, 5.41) is 4.71. The molecule has 4 rings (SSSR count). The number of piperazine rings is 1. The fourth-order valence-corrected chi connectivity index (χ4v) is 4.67. The minimum atomic E-state index is -3.42. The van der Waals surface area contributed by atoms with E-state index in [1.165, 1.54) is 5.56 Å². The lowest BCUT2D eigenvalue weighted by atomic mass is 10.2. The molecule has 0 atom stereocenters. The number of hydrogen-bond acceptors (Lipinski definition) is 6. The van der Waals surface area contributed by atoms with Crippen molar-refractivity contribution in [1.29, 1.82) is 0 Å². The molecule has 1 saturated heterocycles. The maximum atomic E-state index is 12.8. The van der Waals surface area contributed by atoms with Crippen LogP contribution in [0, 0.1) is 0 Å². The topological polar surface area (TPSA) is 79.5 Å². The fraction of sp³-hybridized carbons (Fsp3) is 0.333. The van der Waals surface area contributed by atoms with Gasteiger partial charge in [0.1, 0.15) is 11.4 Å². The van der Waals surface area contributed by atoms with Gasteiger partial charge >= 0.3 is 0 Å². The molecule has 0 unspecified atom stereocenters. The molecule has 2 aromatic heterocycles. The van der Waals surface area contributed by atoms with Crippen LogP contribution in [0.4, 0.5) is 0 Å². The second-order valence-corrected chi connectivity index (χ2v) is 8.38. The number of aromatic nitrogens is 2. The highest BCUT2D eigenvalue weighted by Gasteiger charge is 2.28. The Morgan fingerprint density at radius 1 is 1.00 bits per heavy atom. The van der Waals surface area contributed by atoms with Gasteiger partial charge < -0.3 is 4.52 Å². The molecule has 0 aliphatic carbocycles. The standard InChI is InChI=1S/C18H20N4O3S/c23-26(24,14-17-16-3-1-2-4-18(16)25-20-17)22-11-9-21(10-12-22)13-15-5-7-19-8-6-15/h1-8H,9-14H2. The predicted octanol–water partition coefficient (Wildman–Crippen LogP) is 1.87. The van der Waals surface area contributed by atoms with Crippen molar-refractivity contribution in [2.75, 3.05) is 26.2 Å². The molecule has 1 aromatic carbocycles. The largest absolute Gasteiger partial charge is 0.356 e. The van der Waals surface area contributed by atoms with Crippen molar-refractivity contribution in [3.8, 4) is 0 Å². The van der Waals surface area contributed by atoms with E-state index in [0.29, 0.717) is 37.5 Å². The number of para-hydroxylation sites is 1. The van der Waals surface area contributed by atoms with E-state index >= 15 is 0 Å². The molecule has 1 fully saturated rings. The van der Waals surface area contributed by atoms with Crippen LogP contribution in [-0.2, 0) is 22.3 Å². The highest BCUT2D eigenvalue weighted by molar-refractivity contribution is 7.88. The van der Waals surface area contributed by atoms with Crippen LogP contribution >= 0.6 is 0 Å². The summed E-state index contributed by atoms with van der Waals surface area (Å²) in [7, 11) is -3.42. The molecule has 136 valence electrons. The van der Waals surface area contributed by atoms with Gasteiger partial charge in [0, 0.05) is 50.5 Å². The molecule has 0 radical (unpaired) electrons. The van der Waals surface area contributed by atoms with E-state index in [1.807, 2.05) is 30.3 Å². The van der Waals surface area contributed by atoms with Gasteiger partial charge in [0.05, 0.1) is 0 Å². The van der Waals surface area contributed by atoms with E-state index in [1.54, 1.807) is 22.8 Å². The molecule has 0 bridgehead atoms. The third kappa shape index (κ3) is 3.62. The van der Waals surface area contributed by atoms with Crippen molar-refractivity contribution in [1.82, 2.24) is 19.3 Å². The first-order valence-electron chi connectivity index (χ1n) is 8.54. The summed E-state index contributed by atoms with van der Waals surface area (Å²) in [4.78, 5) is 6.28. The van der Waals surface area contributed by atoms with Gasteiger partial charge in [-0.05, 0) is 29.8 Å². The summed E-state index contributed by atoms with van der Waals surface area (Å²) in [5.74, 6) is -0.131. The van der Waals surface area contributed by atoms with Gasteiger partial charge in [-0.3, -0.25) is 9.88 Å². The molecular weight excluding hydrogens is 352 g/mol. The molecule has 0 spiro atoms. The Hall–Kier alpha value is -2.29. The Morgan fingerprint density at radius 2 is 1.73 bits per heavy atom. The van der Waals surface area contributed by atoms with Crippen LogP contribution in [0.5, 0.6) is 0 Å². The van der Waals surface area contributed by atoms with Crippen LogP contribution in [0.1, 0.15) is 11.3 Å². The SMILES string of the molecule is O=S(=O)(Cc1noc2ccccc12)N1CCN(Cc2ccncc2)CC1. The van der Waals surface area contributed by atoms with Gasteiger partial charge in [0.15, 0.2) is 5.58 Å². The van der Waals surface area contributed by atoms with Crippen molar-refractivity contribution < 1.29 is 12.9 Å². The van der Waals surface area contributed by atoms with Gasteiger partial charge in [-0.15, -0.1) is 0 Å². The van der Waals surface area contributed by atoms with E-state index in [9.17, 15) is 8.42 Å². The maximum absolute atomic E-state index is 12.8. The number of fused-ring (bicyclic) bond motifs is 1. The van der Waals surface area contributed by atoms with Crippen molar-refractivity contribution in [3.63, 3.8) is 0 Å². The molecular formula is C18H20N4O3S. The normalized spacial score (nSPS) is 16.9. The van der Waals surface area contributed by atoms with Crippen LogP contribution in [0.25, 0.3) is 11.0 Å². The summed E-state index contributed by atoms with van der Waals surface area (Å²) >= 11 is 0. The first kappa shape index (κ1) is 17.1. The lowest BCUT2D eigenvalue weighted by Gasteiger charge is -2.33. The molecule has 0 N–H and O–H groups in total. The van der Waals surface area contributed by atoms with E-state index < -0.39 is 10.0 Å². The van der Waals surface area contributed by atoms with Gasteiger partial charge in [-0.1, -0.05) is 17.3 Å². The number of hydrogen-bond donors (Lipinski definition) is 0. The van der Waals surface area contributed by atoms with Gasteiger partial charge in [-0.2, -0.15) is 4.31 Å². The van der Waals surface area contributed by atoms with E-state index in [2.05, 4.69) is 15.0 Å². The second-order valence-electron chi connectivity index (χ2n) is 6.41. The maximum Gasteiger partial charge on any atom is 0.220 e.